The van der Waals surface area contributed by atoms with Gasteiger partial charge in [0.2, 0.25) is 12.2 Å². The fraction of sp³-hybridized carbons (Fsp3) is 0.889. The molecule has 4 rings (SSSR count). The van der Waals surface area contributed by atoms with Crippen LogP contribution < -0.4 is 38.5 Å². The number of carbonyl (C=O) groups is 1. The van der Waals surface area contributed by atoms with Crippen molar-refractivity contribution in [2.75, 3.05) is 46.4 Å². The molecule has 17 nitrogen and oxygen atoms in total. The largest absolute Gasteiger partial charge is 0.467 e. The highest BCUT2D eigenvalue weighted by molar-refractivity contribution is 5.81. The smallest absolute Gasteiger partial charge is 0.250 e. The predicted molar refractivity (Wildman–Crippen MR) is 155 cm³/mol. The van der Waals surface area contributed by atoms with Crippen molar-refractivity contribution in [3.05, 3.63) is 11.8 Å². The Bertz CT molecular complexity index is 989. The van der Waals surface area contributed by atoms with Gasteiger partial charge in [0.25, 0.3) is 0 Å². The van der Waals surface area contributed by atoms with Crippen LogP contribution >= 0.6 is 0 Å². The van der Waals surface area contributed by atoms with Gasteiger partial charge in [-0.15, -0.1) is 0 Å². The van der Waals surface area contributed by atoms with Crippen LogP contribution in [0.25, 0.3) is 0 Å². The quantitative estimate of drug-likeness (QED) is 0.0841. The second-order valence-electron chi connectivity index (χ2n) is 12.6. The third kappa shape index (κ3) is 8.23. The molecule has 4 aliphatic rings. The number of carbonyl (C=O) groups excluding carboxylic acids is 1. The first kappa shape index (κ1) is 35.3. The molecule has 17 heteroatoms. The molecule has 0 aromatic carbocycles. The van der Waals surface area contributed by atoms with Crippen molar-refractivity contribution in [2.45, 2.75) is 105 Å². The highest BCUT2D eigenvalue weighted by Gasteiger charge is 2.52. The van der Waals surface area contributed by atoms with Gasteiger partial charge in [0.1, 0.15) is 41.9 Å². The zero-order valence-electron chi connectivity index (χ0n) is 25.3. The Morgan fingerprint density at radius 1 is 1.16 bits per heavy atom. The lowest BCUT2D eigenvalue weighted by atomic mass is 9.83. The summed E-state index contributed by atoms with van der Waals surface area (Å²) < 4.78 is 23.9. The summed E-state index contributed by atoms with van der Waals surface area (Å²) in [5, 5.41) is 65.1. The monoisotopic (exact) mass is 633 g/mol. The van der Waals surface area contributed by atoms with Gasteiger partial charge in [-0.25, -0.2) is 0 Å². The van der Waals surface area contributed by atoms with Gasteiger partial charge >= 0.3 is 0 Å². The van der Waals surface area contributed by atoms with Crippen molar-refractivity contribution in [1.29, 1.82) is 0 Å². The first-order valence-electron chi connectivity index (χ1n) is 15.2. The summed E-state index contributed by atoms with van der Waals surface area (Å²) in [4.78, 5) is 12.6. The Hall–Kier alpha value is -1.55. The average molecular weight is 634 g/mol. The molecule has 44 heavy (non-hydrogen) atoms. The minimum Gasteiger partial charge on any atom is -0.467 e. The van der Waals surface area contributed by atoms with E-state index in [0.717, 1.165) is 0 Å². The summed E-state index contributed by atoms with van der Waals surface area (Å²) in [6, 6.07) is -3.16. The van der Waals surface area contributed by atoms with E-state index in [-0.39, 0.29) is 19.6 Å². The van der Waals surface area contributed by atoms with E-state index in [1.165, 1.54) is 6.92 Å². The number of ether oxygens (including phenoxy) is 4. The van der Waals surface area contributed by atoms with Crippen LogP contribution in [-0.2, 0) is 23.7 Å². The molecule has 254 valence electrons. The van der Waals surface area contributed by atoms with E-state index in [1.54, 1.807) is 7.05 Å². The highest BCUT2D eigenvalue weighted by atomic mass is 16.7. The molecule has 0 aromatic heterocycles. The molecule has 3 fully saturated rings. The van der Waals surface area contributed by atoms with Crippen molar-refractivity contribution in [3.63, 3.8) is 0 Å². The summed E-state index contributed by atoms with van der Waals surface area (Å²) in [5.74, 6) is -0.196. The number of aliphatic hydroxyl groups is 5. The molecule has 1 aliphatic carbocycles. The topological polar surface area (TPSA) is 281 Å². The van der Waals surface area contributed by atoms with Gasteiger partial charge in [-0.1, -0.05) is 0 Å². The Morgan fingerprint density at radius 3 is 2.50 bits per heavy atom. The van der Waals surface area contributed by atoms with Gasteiger partial charge in [0, 0.05) is 25.7 Å². The van der Waals surface area contributed by atoms with Crippen LogP contribution in [0.2, 0.25) is 0 Å². The number of amides is 1. The Labute approximate surface area is 256 Å². The number of aliphatic hydroxyl groups excluding tert-OH is 3. The van der Waals surface area contributed by atoms with E-state index >= 15 is 0 Å². The normalized spacial score (nSPS) is 41.2. The Balaban J connectivity index is 1.43. The lowest BCUT2D eigenvalue weighted by molar-refractivity contribution is -0.304. The van der Waals surface area contributed by atoms with Gasteiger partial charge in [0.05, 0.1) is 36.9 Å². The molecule has 0 spiro atoms. The Kier molecular flexibility index (Phi) is 12.0. The number of likely N-dealkylation sites (N-methyl/N-ethyl adjacent to an activating group) is 1. The fourth-order valence-electron chi connectivity index (χ4n) is 6.03. The molecule has 0 radical (unpaired) electrons. The van der Waals surface area contributed by atoms with E-state index in [9.17, 15) is 30.3 Å². The van der Waals surface area contributed by atoms with Gasteiger partial charge in [-0.2, -0.15) is 0 Å². The molecule has 1 saturated carbocycles. The highest BCUT2D eigenvalue weighted by Crippen LogP contribution is 2.32. The van der Waals surface area contributed by atoms with Crippen molar-refractivity contribution >= 4 is 5.91 Å². The maximum absolute atomic E-state index is 12.6. The molecular formula is C27H51N7O10. The predicted octanol–water partition coefficient (Wildman–Crippen LogP) is -6.02. The lowest BCUT2D eigenvalue weighted by Crippen LogP contribution is -2.69. The molecule has 2 saturated heterocycles. The minimum atomic E-state index is -1.50. The third-order valence-electron chi connectivity index (χ3n) is 8.80. The van der Waals surface area contributed by atoms with E-state index in [2.05, 4.69) is 21.3 Å². The maximum atomic E-state index is 12.6. The zero-order valence-corrected chi connectivity index (χ0v) is 25.3. The van der Waals surface area contributed by atoms with Gasteiger partial charge < -0.3 is 82.9 Å². The van der Waals surface area contributed by atoms with E-state index in [0.29, 0.717) is 44.8 Å². The van der Waals surface area contributed by atoms with E-state index in [1.807, 2.05) is 6.08 Å². The number of hydrogen-bond acceptors (Lipinski definition) is 16. The number of nitrogens with two attached hydrogens (primary N) is 3. The first-order chi connectivity index (χ1) is 20.8. The summed E-state index contributed by atoms with van der Waals surface area (Å²) >= 11 is 0. The summed E-state index contributed by atoms with van der Waals surface area (Å²) in [6.45, 7) is 3.08. The number of β-amino-alcohol motifs (C(OH)–C–C–N with tert-alkyl or cyclic N) is 1. The number of nitrogens with one attached hydrogen (secondary N) is 4. The van der Waals surface area contributed by atoms with Crippen LogP contribution in [0.3, 0.4) is 0 Å². The lowest BCUT2D eigenvalue weighted by Gasteiger charge is -2.48. The first-order valence-corrected chi connectivity index (χ1v) is 15.2. The Morgan fingerprint density at radius 2 is 1.86 bits per heavy atom. The number of hydrogen-bond donors (Lipinski definition) is 12. The van der Waals surface area contributed by atoms with E-state index < -0.39 is 84.4 Å². The summed E-state index contributed by atoms with van der Waals surface area (Å²) in [7, 11) is 1.57. The standard InChI is InChI=1S/C27H51N7O10/c1-26(39)12-41-25(19(37)22(26)31-2)44-21-16(34-23(38)17(35)8-28)7-15(30)20(18(21)36)43-24-14(29)4-3-13(42-24)9-32-6-5-27(40)10-33-11-27/h3,14-22,24-25,31-33,35-37,39-40H,4-12,28-30H2,1-2H3,(H,34,38)/t14-,15+,16-,17+,18+,19-,20-,21+,22-,24-,25-,26+/m1/s1. The zero-order chi connectivity index (χ0) is 32.2. The van der Waals surface area contributed by atoms with E-state index in [4.69, 9.17) is 36.1 Å². The second-order valence-corrected chi connectivity index (χ2v) is 12.6. The molecule has 0 bridgehead atoms. The molecule has 12 atom stereocenters. The van der Waals surface area contributed by atoms with Crippen LogP contribution in [0.15, 0.2) is 11.8 Å². The van der Waals surface area contributed by atoms with Crippen LogP contribution in [0, 0.1) is 0 Å². The fourth-order valence-corrected chi connectivity index (χ4v) is 6.03. The molecule has 0 aromatic rings. The van der Waals surface area contributed by atoms with Crippen LogP contribution in [0.5, 0.6) is 0 Å². The molecule has 15 N–H and O–H groups in total. The van der Waals surface area contributed by atoms with Crippen LogP contribution in [-0.4, -0.2) is 156 Å². The van der Waals surface area contributed by atoms with Crippen LogP contribution in [0.4, 0.5) is 0 Å². The van der Waals surface area contributed by atoms with Gasteiger partial charge in [-0.3, -0.25) is 4.79 Å². The van der Waals surface area contributed by atoms with Gasteiger partial charge in [-0.05, 0) is 45.9 Å². The molecule has 3 heterocycles. The van der Waals surface area contributed by atoms with Crippen molar-refractivity contribution in [2.24, 2.45) is 17.2 Å². The van der Waals surface area contributed by atoms with Gasteiger partial charge in [0.15, 0.2) is 6.29 Å². The number of rotatable bonds is 13. The average Bonchev–Trinajstić information content (AvgIpc) is 2.96. The molecular weight excluding hydrogens is 582 g/mol. The molecule has 3 aliphatic heterocycles. The van der Waals surface area contributed by atoms with Crippen LogP contribution in [0.1, 0.15) is 26.2 Å². The second kappa shape index (κ2) is 14.9. The minimum absolute atomic E-state index is 0.0510. The molecule has 0 unspecified atom stereocenters. The summed E-state index contributed by atoms with van der Waals surface area (Å²) in [5.41, 5.74) is 16.1. The van der Waals surface area contributed by atoms with Crippen molar-refractivity contribution in [3.8, 4) is 0 Å². The SMILES string of the molecule is CN[C@@H]1[C@@H](O)[C@@H](O[C@@H]2[C@@H](O)[C@H](O[C@H]3OC(CNCCC4(O)CNC4)=CC[C@H]3N)[C@@H](N)C[C@H]2NC(=O)[C@@H](O)CN)OC[C@]1(C)O. The van der Waals surface area contributed by atoms with Crippen molar-refractivity contribution in [1.82, 2.24) is 21.3 Å². The third-order valence-corrected chi connectivity index (χ3v) is 8.80. The molecule has 1 amide bonds. The summed E-state index contributed by atoms with van der Waals surface area (Å²) in [6.07, 6.45) is -5.95. The van der Waals surface area contributed by atoms with Crippen molar-refractivity contribution < 1.29 is 49.3 Å². The maximum Gasteiger partial charge on any atom is 0.250 e.